The lowest BCUT2D eigenvalue weighted by Crippen LogP contribution is -2.09. The third-order valence-corrected chi connectivity index (χ3v) is 12.0. The Morgan fingerprint density at radius 2 is 0.873 bits per heavy atom. The summed E-state index contributed by atoms with van der Waals surface area (Å²) in [5, 5.41) is 7.31. The number of rotatable bonds is 6. The number of furan rings is 1. The van der Waals surface area contributed by atoms with E-state index in [9.17, 15) is 0 Å². The van der Waals surface area contributed by atoms with E-state index in [4.69, 9.17) is 4.42 Å². The van der Waals surface area contributed by atoms with Gasteiger partial charge in [-0.25, -0.2) is 0 Å². The number of thiophene rings is 1. The van der Waals surface area contributed by atoms with Crippen molar-refractivity contribution in [3.8, 4) is 33.4 Å². The van der Waals surface area contributed by atoms with E-state index in [-0.39, 0.29) is 0 Å². The van der Waals surface area contributed by atoms with Crippen molar-refractivity contribution >= 4 is 81.3 Å². The molecule has 0 aliphatic carbocycles. The van der Waals surface area contributed by atoms with Crippen molar-refractivity contribution in [1.82, 2.24) is 0 Å². The average Bonchev–Trinajstić information content (AvgIpc) is 3.82. The van der Waals surface area contributed by atoms with Crippen molar-refractivity contribution in [2.24, 2.45) is 0 Å². The fraction of sp³-hybridized carbons (Fsp3) is 0. The molecule has 0 saturated heterocycles. The van der Waals surface area contributed by atoms with Gasteiger partial charge in [-0.1, -0.05) is 127 Å². The Hall–Kier alpha value is -6.94. The van der Waals surface area contributed by atoms with Crippen LogP contribution in [0.5, 0.6) is 0 Å². The molecule has 2 nitrogen and oxygen atoms in total. The Labute approximate surface area is 322 Å². The van der Waals surface area contributed by atoms with E-state index < -0.39 is 0 Å². The zero-order valence-corrected chi connectivity index (χ0v) is 30.6. The number of hydrogen-bond acceptors (Lipinski definition) is 3. The van der Waals surface area contributed by atoms with Gasteiger partial charge in [-0.15, -0.1) is 11.3 Å². The molecule has 55 heavy (non-hydrogen) atoms. The first-order valence-electron chi connectivity index (χ1n) is 18.7. The molecule has 0 saturated carbocycles. The minimum absolute atomic E-state index is 0.876. The van der Waals surface area contributed by atoms with Gasteiger partial charge in [0.1, 0.15) is 11.2 Å². The first-order chi connectivity index (χ1) is 27.2. The van der Waals surface area contributed by atoms with Crippen LogP contribution in [-0.2, 0) is 0 Å². The number of benzene rings is 9. The van der Waals surface area contributed by atoms with Gasteiger partial charge in [0.15, 0.2) is 0 Å². The first kappa shape index (κ1) is 31.6. The summed E-state index contributed by atoms with van der Waals surface area (Å²) in [4.78, 5) is 2.35. The number of nitrogens with zero attached hydrogens (tertiary/aromatic N) is 1. The molecule has 11 rings (SSSR count). The van der Waals surface area contributed by atoms with Crippen LogP contribution in [0.15, 0.2) is 205 Å². The highest BCUT2D eigenvalue weighted by Crippen LogP contribution is 2.42. The van der Waals surface area contributed by atoms with Crippen LogP contribution in [0.3, 0.4) is 0 Å². The van der Waals surface area contributed by atoms with Crippen LogP contribution in [0.25, 0.3) is 86.3 Å². The Morgan fingerprint density at radius 3 is 1.67 bits per heavy atom. The van der Waals surface area contributed by atoms with Crippen LogP contribution in [0.4, 0.5) is 17.1 Å². The van der Waals surface area contributed by atoms with Gasteiger partial charge in [-0.3, -0.25) is 0 Å². The lowest BCUT2D eigenvalue weighted by Gasteiger charge is -2.26. The van der Waals surface area contributed by atoms with Crippen molar-refractivity contribution in [3.63, 3.8) is 0 Å². The average molecular weight is 720 g/mol. The number of anilines is 3. The van der Waals surface area contributed by atoms with Crippen molar-refractivity contribution in [1.29, 1.82) is 0 Å². The maximum atomic E-state index is 6.45. The molecular weight excluding hydrogens is 687 g/mol. The molecule has 0 radical (unpaired) electrons. The van der Waals surface area contributed by atoms with Crippen molar-refractivity contribution in [2.45, 2.75) is 0 Å². The third-order valence-electron chi connectivity index (χ3n) is 10.9. The standard InChI is InChI=1S/C52H33NOS/c1-2-9-34(10-3-1)35-17-23-40(24-18-35)53(41-25-19-37(20-26-41)44-15-8-12-36-11-4-5-13-43(36)44)42-27-29-50-47(33-42)46-31-38(21-28-49(46)54-50)39-22-30-52-48(32-39)45-14-6-7-16-51(45)55-52/h1-33H. The van der Waals surface area contributed by atoms with Gasteiger partial charge >= 0.3 is 0 Å². The molecule has 11 aromatic rings. The van der Waals surface area contributed by atoms with Crippen LogP contribution in [0.1, 0.15) is 0 Å². The highest BCUT2D eigenvalue weighted by Gasteiger charge is 2.17. The monoisotopic (exact) mass is 719 g/mol. The van der Waals surface area contributed by atoms with Gasteiger partial charge in [-0.2, -0.15) is 0 Å². The lowest BCUT2D eigenvalue weighted by molar-refractivity contribution is 0.669. The second-order valence-corrected chi connectivity index (χ2v) is 15.2. The number of fused-ring (bicyclic) bond motifs is 7. The molecule has 0 amide bonds. The van der Waals surface area contributed by atoms with Crippen molar-refractivity contribution in [3.05, 3.63) is 200 Å². The van der Waals surface area contributed by atoms with Crippen LogP contribution < -0.4 is 4.90 Å². The molecule has 0 bridgehead atoms. The largest absolute Gasteiger partial charge is 0.456 e. The van der Waals surface area contributed by atoms with Gasteiger partial charge in [0, 0.05) is 48.0 Å². The Morgan fingerprint density at radius 1 is 0.327 bits per heavy atom. The molecule has 0 spiro atoms. The van der Waals surface area contributed by atoms with E-state index in [0.29, 0.717) is 0 Å². The molecule has 3 heteroatoms. The fourth-order valence-corrected chi connectivity index (χ4v) is 9.22. The van der Waals surface area contributed by atoms with Gasteiger partial charge < -0.3 is 9.32 Å². The maximum Gasteiger partial charge on any atom is 0.135 e. The summed E-state index contributed by atoms with van der Waals surface area (Å²) in [7, 11) is 0. The Kier molecular flexibility index (Phi) is 7.39. The summed E-state index contributed by atoms with van der Waals surface area (Å²) in [5.74, 6) is 0. The van der Waals surface area contributed by atoms with E-state index in [1.807, 2.05) is 11.3 Å². The topological polar surface area (TPSA) is 16.4 Å². The molecule has 0 N–H and O–H groups in total. The molecule has 2 aromatic heterocycles. The van der Waals surface area contributed by atoms with Crippen molar-refractivity contribution in [2.75, 3.05) is 4.90 Å². The minimum atomic E-state index is 0.876. The summed E-state index contributed by atoms with van der Waals surface area (Å²) in [6.07, 6.45) is 0. The smallest absolute Gasteiger partial charge is 0.135 e. The van der Waals surface area contributed by atoms with Crippen LogP contribution >= 0.6 is 11.3 Å². The summed E-state index contributed by atoms with van der Waals surface area (Å²) in [6.45, 7) is 0. The SMILES string of the molecule is c1ccc(-c2ccc(N(c3ccc(-c4cccc5ccccc45)cc3)c3ccc4oc5ccc(-c6ccc7sc8ccccc8c7c6)cc5c4c3)cc2)cc1. The predicted octanol–water partition coefficient (Wildman–Crippen LogP) is 15.6. The quantitative estimate of drug-likeness (QED) is 0.170. The summed E-state index contributed by atoms with van der Waals surface area (Å²) < 4.78 is 9.08. The van der Waals surface area contributed by atoms with Gasteiger partial charge in [-0.05, 0) is 117 Å². The first-order valence-corrected chi connectivity index (χ1v) is 19.5. The molecule has 0 unspecified atom stereocenters. The zero-order chi connectivity index (χ0) is 36.3. The van der Waals surface area contributed by atoms with E-state index in [0.717, 1.165) is 39.0 Å². The Bertz CT molecular complexity index is 3190. The van der Waals surface area contributed by atoms with E-state index in [2.05, 4.69) is 205 Å². The molecular formula is C52H33NOS. The van der Waals surface area contributed by atoms with Crippen molar-refractivity contribution < 1.29 is 4.42 Å². The molecule has 0 fully saturated rings. The molecule has 2 heterocycles. The van der Waals surface area contributed by atoms with Crippen LogP contribution in [0.2, 0.25) is 0 Å². The molecule has 9 aromatic carbocycles. The van der Waals surface area contributed by atoms with Gasteiger partial charge in [0.05, 0.1) is 0 Å². The second-order valence-electron chi connectivity index (χ2n) is 14.1. The highest BCUT2D eigenvalue weighted by molar-refractivity contribution is 7.25. The van der Waals surface area contributed by atoms with Crippen LogP contribution in [0, 0.1) is 0 Å². The predicted molar refractivity (Wildman–Crippen MR) is 235 cm³/mol. The zero-order valence-electron chi connectivity index (χ0n) is 29.8. The molecule has 0 aliphatic rings. The third kappa shape index (κ3) is 5.48. The molecule has 0 atom stereocenters. The highest BCUT2D eigenvalue weighted by atomic mass is 32.1. The van der Waals surface area contributed by atoms with Gasteiger partial charge in [0.2, 0.25) is 0 Å². The number of hydrogen-bond donors (Lipinski definition) is 0. The lowest BCUT2D eigenvalue weighted by atomic mass is 9.98. The normalized spacial score (nSPS) is 11.6. The van der Waals surface area contributed by atoms with E-state index in [1.54, 1.807) is 0 Å². The second kappa shape index (κ2) is 12.9. The summed E-state index contributed by atoms with van der Waals surface area (Å²) in [6, 6.07) is 72.2. The molecule has 0 aliphatic heterocycles. The maximum absolute atomic E-state index is 6.45. The fourth-order valence-electron chi connectivity index (χ4n) is 8.14. The van der Waals surface area contributed by atoms with E-state index in [1.165, 1.54) is 64.3 Å². The minimum Gasteiger partial charge on any atom is -0.456 e. The van der Waals surface area contributed by atoms with Gasteiger partial charge in [0.25, 0.3) is 0 Å². The Balaban J connectivity index is 1.03. The summed E-state index contributed by atoms with van der Waals surface area (Å²) >= 11 is 1.85. The van der Waals surface area contributed by atoms with Crippen LogP contribution in [-0.4, -0.2) is 0 Å². The summed E-state index contributed by atoms with van der Waals surface area (Å²) in [5.41, 5.74) is 12.2. The van der Waals surface area contributed by atoms with E-state index >= 15 is 0 Å². The molecule has 258 valence electrons.